The van der Waals surface area contributed by atoms with Crippen molar-refractivity contribution in [1.29, 1.82) is 0 Å². The Labute approximate surface area is 261 Å². The van der Waals surface area contributed by atoms with E-state index in [1.807, 2.05) is 23.1 Å². The zero-order valence-corrected chi connectivity index (χ0v) is 25.5. The number of aromatic nitrogens is 2. The minimum atomic E-state index is -2.77. The number of alkyl halides is 2. The van der Waals surface area contributed by atoms with Gasteiger partial charge in [-0.1, -0.05) is 42.5 Å². The molecule has 0 spiro atoms. The van der Waals surface area contributed by atoms with Gasteiger partial charge in [-0.05, 0) is 54.5 Å². The number of piperazine rings is 1. The molecule has 1 aliphatic carbocycles. The van der Waals surface area contributed by atoms with Gasteiger partial charge in [0.2, 0.25) is 17.7 Å². The first-order valence-corrected chi connectivity index (χ1v) is 15.4. The third kappa shape index (κ3) is 8.52. The molecule has 3 amide bonds. The Bertz CT molecular complexity index is 1450. The van der Waals surface area contributed by atoms with Crippen molar-refractivity contribution in [3.05, 3.63) is 83.7 Å². The van der Waals surface area contributed by atoms with Gasteiger partial charge < -0.3 is 21.3 Å². The zero-order valence-electron chi connectivity index (χ0n) is 25.5. The molecule has 2 aromatic carbocycles. The highest BCUT2D eigenvalue weighted by atomic mass is 19.3. The van der Waals surface area contributed by atoms with Crippen molar-refractivity contribution in [2.24, 2.45) is 18.7 Å². The fourth-order valence-electron chi connectivity index (χ4n) is 6.09. The summed E-state index contributed by atoms with van der Waals surface area (Å²) < 4.78 is 29.1. The Balaban J connectivity index is 1.14. The van der Waals surface area contributed by atoms with Gasteiger partial charge in [-0.15, -0.1) is 0 Å². The van der Waals surface area contributed by atoms with Gasteiger partial charge in [-0.2, -0.15) is 5.10 Å². The van der Waals surface area contributed by atoms with E-state index in [9.17, 15) is 23.2 Å². The summed E-state index contributed by atoms with van der Waals surface area (Å²) in [6.45, 7) is 3.68. The van der Waals surface area contributed by atoms with E-state index in [-0.39, 0.29) is 37.3 Å². The van der Waals surface area contributed by atoms with Gasteiger partial charge in [0, 0.05) is 64.5 Å². The summed E-state index contributed by atoms with van der Waals surface area (Å²) in [5.41, 5.74) is 9.16. The van der Waals surface area contributed by atoms with Gasteiger partial charge in [0.1, 0.15) is 11.7 Å². The van der Waals surface area contributed by atoms with Crippen LogP contribution in [0.4, 0.5) is 14.5 Å². The Morgan fingerprint density at radius 2 is 1.62 bits per heavy atom. The minimum Gasteiger partial charge on any atom is -0.339 e. The molecule has 0 bridgehead atoms. The zero-order chi connectivity index (χ0) is 32.0. The topological polar surface area (TPSA) is 126 Å². The number of hydrogen-bond acceptors (Lipinski definition) is 6. The number of halogens is 2. The monoisotopic (exact) mass is 621 g/mol. The maximum Gasteiger partial charge on any atom is 0.270 e. The molecular weight excluding hydrogens is 580 g/mol. The molecule has 45 heavy (non-hydrogen) atoms. The summed E-state index contributed by atoms with van der Waals surface area (Å²) in [4.78, 5) is 43.6. The number of anilines is 1. The van der Waals surface area contributed by atoms with Crippen LogP contribution in [0, 0.1) is 5.92 Å². The third-order valence-corrected chi connectivity index (χ3v) is 8.78. The van der Waals surface area contributed by atoms with Crippen LogP contribution in [0.15, 0.2) is 66.9 Å². The number of carbonyl (C=O) groups is 3. The number of carbonyl (C=O) groups excluding carboxylic acids is 3. The van der Waals surface area contributed by atoms with E-state index in [4.69, 9.17) is 5.73 Å². The molecule has 12 heteroatoms. The molecule has 2 aliphatic rings. The second kappa shape index (κ2) is 14.3. The molecule has 5 rings (SSSR count). The highest BCUT2D eigenvalue weighted by molar-refractivity contribution is 6.00. The second-order valence-corrected chi connectivity index (χ2v) is 12.1. The van der Waals surface area contributed by atoms with Crippen molar-refractivity contribution in [3.8, 4) is 0 Å². The Morgan fingerprint density at radius 3 is 2.24 bits per heavy atom. The van der Waals surface area contributed by atoms with Crippen molar-refractivity contribution >= 4 is 23.4 Å². The molecule has 2 fully saturated rings. The first-order valence-electron chi connectivity index (χ1n) is 15.4. The standard InChI is InChI=1S/C33H41F2N7O3/c1-40-28(13-16-37-40)30(43)39-29(25-11-14-33(34,35)15-12-25)31(44)38-26-9-7-23(8-10-26)21-27(36)32(45)42-19-17-41(18-20-42)22-24-5-3-2-4-6-24/h2-10,13,16,25,27,29H,11-12,14-15,17-22,36H2,1H3,(H,38,44)(H,39,43)/t27-,29?/m1/s1. The van der Waals surface area contributed by atoms with Crippen LogP contribution in [0.5, 0.6) is 0 Å². The van der Waals surface area contributed by atoms with Crippen LogP contribution < -0.4 is 16.4 Å². The van der Waals surface area contributed by atoms with E-state index in [1.165, 1.54) is 22.5 Å². The SMILES string of the molecule is Cn1nccc1C(=O)NC(C(=O)Nc1ccc(C[C@@H](N)C(=O)N2CCN(Cc3ccccc3)CC2)cc1)C1CCC(F)(F)CC1. The number of nitrogens with one attached hydrogen (secondary N) is 2. The first kappa shape index (κ1) is 32.2. The van der Waals surface area contributed by atoms with Crippen molar-refractivity contribution in [2.75, 3.05) is 31.5 Å². The quantitative estimate of drug-likeness (QED) is 0.320. The average molecular weight is 622 g/mol. The first-order chi connectivity index (χ1) is 21.6. The highest BCUT2D eigenvalue weighted by Gasteiger charge is 2.40. The van der Waals surface area contributed by atoms with Gasteiger partial charge in [0.15, 0.2) is 0 Å². The molecule has 2 atom stereocenters. The maximum absolute atomic E-state index is 13.9. The fraction of sp³-hybridized carbons (Fsp3) is 0.455. The van der Waals surface area contributed by atoms with E-state index in [2.05, 4.69) is 32.8 Å². The largest absolute Gasteiger partial charge is 0.339 e. The summed E-state index contributed by atoms with van der Waals surface area (Å²) in [5.74, 6) is -4.27. The van der Waals surface area contributed by atoms with E-state index >= 15 is 0 Å². The smallest absolute Gasteiger partial charge is 0.270 e. The van der Waals surface area contributed by atoms with Crippen LogP contribution in [0.25, 0.3) is 0 Å². The number of aryl methyl sites for hydroxylation is 1. The summed E-state index contributed by atoms with van der Waals surface area (Å²) in [6.07, 6.45) is 1.38. The van der Waals surface area contributed by atoms with Gasteiger partial charge in [-0.3, -0.25) is 24.0 Å². The molecule has 1 aliphatic heterocycles. The lowest BCUT2D eigenvalue weighted by Crippen LogP contribution is -2.53. The van der Waals surface area contributed by atoms with Gasteiger partial charge in [-0.25, -0.2) is 8.78 Å². The number of hydrogen-bond donors (Lipinski definition) is 3. The van der Waals surface area contributed by atoms with E-state index < -0.39 is 35.7 Å². The summed E-state index contributed by atoms with van der Waals surface area (Å²) in [6, 6.07) is 17.1. The van der Waals surface area contributed by atoms with Crippen LogP contribution in [0.3, 0.4) is 0 Å². The van der Waals surface area contributed by atoms with Gasteiger partial charge in [0.25, 0.3) is 5.91 Å². The molecular formula is C33H41F2N7O3. The van der Waals surface area contributed by atoms with Gasteiger partial charge >= 0.3 is 0 Å². The molecule has 240 valence electrons. The summed E-state index contributed by atoms with van der Waals surface area (Å²) in [7, 11) is 1.61. The molecule has 0 radical (unpaired) electrons. The number of nitrogens with zero attached hydrogens (tertiary/aromatic N) is 4. The lowest BCUT2D eigenvalue weighted by atomic mass is 9.81. The van der Waals surface area contributed by atoms with Crippen LogP contribution in [0.1, 0.15) is 47.3 Å². The number of nitrogens with two attached hydrogens (primary N) is 1. The Kier molecular flexibility index (Phi) is 10.2. The second-order valence-electron chi connectivity index (χ2n) is 12.1. The normalized spacial score (nSPS) is 18.6. The molecule has 3 aromatic rings. The molecule has 4 N–H and O–H groups in total. The number of rotatable bonds is 10. The van der Waals surface area contributed by atoms with Crippen LogP contribution in [-0.2, 0) is 29.6 Å². The van der Waals surface area contributed by atoms with E-state index in [1.54, 1.807) is 31.3 Å². The number of benzene rings is 2. The molecule has 1 saturated heterocycles. The van der Waals surface area contributed by atoms with Crippen molar-refractivity contribution in [2.45, 2.75) is 56.7 Å². The molecule has 1 unspecified atom stereocenters. The highest BCUT2D eigenvalue weighted by Crippen LogP contribution is 2.37. The Morgan fingerprint density at radius 1 is 0.956 bits per heavy atom. The van der Waals surface area contributed by atoms with Crippen molar-refractivity contribution < 1.29 is 23.2 Å². The lowest BCUT2D eigenvalue weighted by molar-refractivity contribution is -0.134. The molecule has 1 saturated carbocycles. The minimum absolute atomic E-state index is 0.0863. The summed E-state index contributed by atoms with van der Waals surface area (Å²) >= 11 is 0. The lowest BCUT2D eigenvalue weighted by Gasteiger charge is -2.36. The van der Waals surface area contributed by atoms with Crippen LogP contribution >= 0.6 is 0 Å². The fourth-order valence-corrected chi connectivity index (χ4v) is 6.09. The third-order valence-electron chi connectivity index (χ3n) is 8.78. The van der Waals surface area contributed by atoms with Gasteiger partial charge in [0.05, 0.1) is 6.04 Å². The average Bonchev–Trinajstić information content (AvgIpc) is 3.47. The summed E-state index contributed by atoms with van der Waals surface area (Å²) in [5, 5.41) is 9.58. The van der Waals surface area contributed by atoms with Crippen LogP contribution in [0.2, 0.25) is 0 Å². The van der Waals surface area contributed by atoms with Crippen molar-refractivity contribution in [3.63, 3.8) is 0 Å². The Hall–Kier alpha value is -4.16. The van der Waals surface area contributed by atoms with Crippen molar-refractivity contribution in [1.82, 2.24) is 24.9 Å². The predicted molar refractivity (Wildman–Crippen MR) is 166 cm³/mol. The van der Waals surface area contributed by atoms with E-state index in [0.29, 0.717) is 25.2 Å². The predicted octanol–water partition coefficient (Wildman–Crippen LogP) is 3.20. The maximum atomic E-state index is 13.9. The molecule has 10 nitrogen and oxygen atoms in total. The molecule has 1 aromatic heterocycles. The molecule has 2 heterocycles. The number of amides is 3. The van der Waals surface area contributed by atoms with E-state index in [0.717, 1.165) is 25.2 Å². The van der Waals surface area contributed by atoms with Crippen LogP contribution in [-0.4, -0.2) is 81.5 Å².